The average molecular weight is 351 g/mol. The first-order valence-corrected chi connectivity index (χ1v) is 7.42. The summed E-state index contributed by atoms with van der Waals surface area (Å²) in [5, 5.41) is 0.358. The Hall–Kier alpha value is -2.53. The van der Waals surface area contributed by atoms with E-state index in [2.05, 4.69) is 0 Å². The lowest BCUT2D eigenvalue weighted by molar-refractivity contribution is -0.138. The van der Waals surface area contributed by atoms with Gasteiger partial charge in [0.25, 0.3) is 0 Å². The van der Waals surface area contributed by atoms with Crippen LogP contribution in [0.5, 0.6) is 11.5 Å². The standard InChI is InChI=1S/C18H16ClFO4/c1-22-16-10-12(9-14(19)18(16)23-2)7-8-17(21)24-11-13-5-3-4-6-15(13)20/h3-10H,11H2,1-2H3/b8-7+. The molecule has 2 aromatic rings. The van der Waals surface area contributed by atoms with Gasteiger partial charge in [0, 0.05) is 11.6 Å². The highest BCUT2D eigenvalue weighted by Gasteiger charge is 2.10. The molecule has 0 amide bonds. The van der Waals surface area contributed by atoms with Crippen LogP contribution in [0.15, 0.2) is 42.5 Å². The van der Waals surface area contributed by atoms with Crippen molar-refractivity contribution in [3.63, 3.8) is 0 Å². The molecule has 0 radical (unpaired) electrons. The molecule has 0 aliphatic rings. The molecule has 4 nitrogen and oxygen atoms in total. The molecular formula is C18H16ClFO4. The minimum Gasteiger partial charge on any atom is -0.493 e. The van der Waals surface area contributed by atoms with Gasteiger partial charge in [-0.15, -0.1) is 0 Å². The smallest absolute Gasteiger partial charge is 0.331 e. The van der Waals surface area contributed by atoms with Gasteiger partial charge in [-0.2, -0.15) is 0 Å². The molecule has 2 aromatic carbocycles. The zero-order valence-electron chi connectivity index (χ0n) is 13.2. The lowest BCUT2D eigenvalue weighted by Crippen LogP contribution is -2.02. The Bertz CT molecular complexity index is 759. The van der Waals surface area contributed by atoms with Gasteiger partial charge in [-0.1, -0.05) is 29.8 Å². The van der Waals surface area contributed by atoms with Gasteiger partial charge in [0.15, 0.2) is 11.5 Å². The number of benzene rings is 2. The van der Waals surface area contributed by atoms with E-state index in [1.165, 1.54) is 32.4 Å². The van der Waals surface area contributed by atoms with Gasteiger partial charge < -0.3 is 14.2 Å². The number of ether oxygens (including phenoxy) is 3. The number of hydrogen-bond donors (Lipinski definition) is 0. The molecule has 0 spiro atoms. The summed E-state index contributed by atoms with van der Waals surface area (Å²) in [5.74, 6) is -0.145. The molecule has 0 saturated carbocycles. The van der Waals surface area contributed by atoms with Crippen molar-refractivity contribution >= 4 is 23.6 Å². The van der Waals surface area contributed by atoms with Crippen LogP contribution in [0.25, 0.3) is 6.08 Å². The first-order valence-electron chi connectivity index (χ1n) is 7.05. The average Bonchev–Trinajstić information content (AvgIpc) is 2.58. The van der Waals surface area contributed by atoms with E-state index >= 15 is 0 Å². The molecule has 0 bridgehead atoms. The van der Waals surface area contributed by atoms with Gasteiger partial charge in [-0.05, 0) is 29.8 Å². The van der Waals surface area contributed by atoms with Crippen LogP contribution in [0, 0.1) is 5.82 Å². The molecule has 0 atom stereocenters. The molecule has 0 aliphatic heterocycles. The van der Waals surface area contributed by atoms with Crippen molar-refractivity contribution in [2.75, 3.05) is 14.2 Å². The topological polar surface area (TPSA) is 44.8 Å². The second-order valence-corrected chi connectivity index (χ2v) is 5.18. The molecule has 0 saturated heterocycles. The molecule has 0 unspecified atom stereocenters. The fourth-order valence-electron chi connectivity index (χ4n) is 2.01. The summed E-state index contributed by atoms with van der Waals surface area (Å²) in [6.07, 6.45) is 2.76. The summed E-state index contributed by atoms with van der Waals surface area (Å²) in [6.45, 7) is -0.136. The van der Waals surface area contributed by atoms with E-state index in [1.807, 2.05) is 0 Å². The van der Waals surface area contributed by atoms with Gasteiger partial charge in [0.05, 0.1) is 19.2 Å². The predicted octanol–water partition coefficient (Wildman–Crippen LogP) is 4.25. The summed E-state index contributed by atoms with van der Waals surface area (Å²) in [5.41, 5.74) is 0.953. The summed E-state index contributed by atoms with van der Waals surface area (Å²) >= 11 is 6.09. The van der Waals surface area contributed by atoms with E-state index in [9.17, 15) is 9.18 Å². The van der Waals surface area contributed by atoms with Crippen LogP contribution in [-0.2, 0) is 16.1 Å². The Morgan fingerprint density at radius 3 is 2.62 bits per heavy atom. The van der Waals surface area contributed by atoms with E-state index in [-0.39, 0.29) is 6.61 Å². The maximum atomic E-state index is 13.4. The Kier molecular flexibility index (Phi) is 6.21. The Morgan fingerprint density at radius 1 is 1.21 bits per heavy atom. The minimum atomic E-state index is -0.593. The molecule has 126 valence electrons. The number of carbonyl (C=O) groups is 1. The van der Waals surface area contributed by atoms with Crippen molar-refractivity contribution in [2.45, 2.75) is 6.61 Å². The normalized spacial score (nSPS) is 10.7. The SMILES string of the molecule is COc1cc(/C=C/C(=O)OCc2ccccc2F)cc(Cl)c1OC. The predicted molar refractivity (Wildman–Crippen MR) is 89.8 cm³/mol. The highest BCUT2D eigenvalue weighted by molar-refractivity contribution is 6.32. The zero-order chi connectivity index (χ0) is 17.5. The van der Waals surface area contributed by atoms with Crippen LogP contribution >= 0.6 is 11.6 Å². The monoisotopic (exact) mass is 350 g/mol. The number of hydrogen-bond acceptors (Lipinski definition) is 4. The third-order valence-electron chi connectivity index (χ3n) is 3.20. The summed E-state index contributed by atoms with van der Waals surface area (Å²) in [4.78, 5) is 11.7. The molecule has 24 heavy (non-hydrogen) atoms. The van der Waals surface area contributed by atoms with Gasteiger partial charge >= 0.3 is 5.97 Å². The number of rotatable bonds is 6. The van der Waals surface area contributed by atoms with Crippen molar-refractivity contribution in [1.29, 1.82) is 0 Å². The maximum Gasteiger partial charge on any atom is 0.331 e. The quantitative estimate of drug-likeness (QED) is 0.577. The number of carbonyl (C=O) groups excluding carboxylic acids is 1. The van der Waals surface area contributed by atoms with Crippen LogP contribution < -0.4 is 9.47 Å². The fourth-order valence-corrected chi connectivity index (χ4v) is 2.31. The van der Waals surface area contributed by atoms with Crippen LogP contribution in [0.3, 0.4) is 0 Å². The second kappa shape index (κ2) is 8.36. The third-order valence-corrected chi connectivity index (χ3v) is 3.48. The Morgan fingerprint density at radius 2 is 1.96 bits per heavy atom. The molecular weight excluding hydrogens is 335 g/mol. The van der Waals surface area contributed by atoms with E-state index in [4.69, 9.17) is 25.8 Å². The largest absolute Gasteiger partial charge is 0.493 e. The lowest BCUT2D eigenvalue weighted by atomic mass is 10.2. The lowest BCUT2D eigenvalue weighted by Gasteiger charge is -2.10. The van der Waals surface area contributed by atoms with Crippen LogP contribution in [-0.4, -0.2) is 20.2 Å². The molecule has 0 fully saturated rings. The van der Waals surface area contributed by atoms with Crippen molar-refractivity contribution in [3.05, 3.63) is 64.4 Å². The fraction of sp³-hybridized carbons (Fsp3) is 0.167. The highest BCUT2D eigenvalue weighted by atomic mass is 35.5. The summed E-state index contributed by atoms with van der Waals surface area (Å²) in [6, 6.07) is 9.41. The van der Waals surface area contributed by atoms with Crippen LogP contribution in [0.1, 0.15) is 11.1 Å². The van der Waals surface area contributed by atoms with Gasteiger partial charge in [-0.25, -0.2) is 9.18 Å². The van der Waals surface area contributed by atoms with Crippen molar-refractivity contribution < 1.29 is 23.4 Å². The van der Waals surface area contributed by atoms with Crippen molar-refractivity contribution in [1.82, 2.24) is 0 Å². The van der Waals surface area contributed by atoms with Gasteiger partial charge in [-0.3, -0.25) is 0 Å². The molecule has 2 rings (SSSR count). The van der Waals surface area contributed by atoms with Crippen molar-refractivity contribution in [2.24, 2.45) is 0 Å². The van der Waals surface area contributed by atoms with E-state index < -0.39 is 11.8 Å². The molecule has 0 aliphatic carbocycles. The molecule has 6 heteroatoms. The first-order chi connectivity index (χ1) is 11.5. The number of halogens is 2. The highest BCUT2D eigenvalue weighted by Crippen LogP contribution is 2.36. The third kappa shape index (κ3) is 4.49. The number of methoxy groups -OCH3 is 2. The van der Waals surface area contributed by atoms with Crippen molar-refractivity contribution in [3.8, 4) is 11.5 Å². The van der Waals surface area contributed by atoms with E-state index in [1.54, 1.807) is 30.3 Å². The van der Waals surface area contributed by atoms with Gasteiger partial charge in [0.2, 0.25) is 0 Å². The second-order valence-electron chi connectivity index (χ2n) is 4.77. The number of esters is 1. The Labute approximate surface area is 144 Å². The zero-order valence-corrected chi connectivity index (χ0v) is 14.0. The van der Waals surface area contributed by atoms with Crippen LogP contribution in [0.4, 0.5) is 4.39 Å². The minimum absolute atomic E-state index is 0.136. The van der Waals surface area contributed by atoms with E-state index in [0.29, 0.717) is 27.6 Å². The van der Waals surface area contributed by atoms with Gasteiger partial charge in [0.1, 0.15) is 12.4 Å². The van der Waals surface area contributed by atoms with Crippen LogP contribution in [0.2, 0.25) is 5.02 Å². The summed E-state index contributed by atoms with van der Waals surface area (Å²) in [7, 11) is 2.98. The molecule has 0 N–H and O–H groups in total. The Balaban J connectivity index is 2.04. The maximum absolute atomic E-state index is 13.4. The van der Waals surface area contributed by atoms with E-state index in [0.717, 1.165) is 0 Å². The molecule has 0 aromatic heterocycles. The molecule has 0 heterocycles. The summed E-state index contributed by atoms with van der Waals surface area (Å²) < 4.78 is 28.8. The first kappa shape index (κ1) is 17.8.